The van der Waals surface area contributed by atoms with Crippen LogP contribution in [0, 0.1) is 6.92 Å². The van der Waals surface area contributed by atoms with Gasteiger partial charge in [0.15, 0.2) is 0 Å². The zero-order chi connectivity index (χ0) is 15.5. The number of aryl methyl sites for hydroxylation is 1. The summed E-state index contributed by atoms with van der Waals surface area (Å²) in [5.41, 5.74) is 1.93. The topological polar surface area (TPSA) is 31.2 Å². The van der Waals surface area contributed by atoms with Gasteiger partial charge in [-0.3, -0.25) is 4.79 Å². The number of nitrogens with zero attached hydrogens (tertiary/aromatic N) is 1. The van der Waals surface area contributed by atoms with Crippen LogP contribution in [0.15, 0.2) is 59.4 Å². The highest BCUT2D eigenvalue weighted by Crippen LogP contribution is 2.17. The molecule has 0 radical (unpaired) electrons. The lowest BCUT2D eigenvalue weighted by Crippen LogP contribution is -2.23. The average molecular weight is 314 g/mol. The molecule has 0 unspecified atom stereocenters. The van der Waals surface area contributed by atoms with Crippen LogP contribution in [-0.4, -0.2) is 11.2 Å². The Bertz CT molecular complexity index is 853. The molecular formula is C18H16ClNO2. The molecular weight excluding hydrogens is 298 g/mol. The Morgan fingerprint density at radius 1 is 1.09 bits per heavy atom. The summed E-state index contributed by atoms with van der Waals surface area (Å²) in [6, 6.07) is 16.8. The minimum Gasteiger partial charge on any atom is -0.492 e. The first-order chi connectivity index (χ1) is 10.6. The van der Waals surface area contributed by atoms with E-state index < -0.39 is 0 Å². The Kier molecular flexibility index (Phi) is 4.16. The molecule has 0 fully saturated rings. The van der Waals surface area contributed by atoms with Crippen LogP contribution in [-0.2, 0) is 6.54 Å². The van der Waals surface area contributed by atoms with Gasteiger partial charge in [-0.15, -0.1) is 0 Å². The van der Waals surface area contributed by atoms with Crippen molar-refractivity contribution in [3.8, 4) is 5.75 Å². The summed E-state index contributed by atoms with van der Waals surface area (Å²) in [4.78, 5) is 12.2. The van der Waals surface area contributed by atoms with Crippen LogP contribution in [0.2, 0.25) is 5.02 Å². The molecule has 3 nitrogen and oxygen atoms in total. The van der Waals surface area contributed by atoms with E-state index in [1.54, 1.807) is 22.8 Å². The summed E-state index contributed by atoms with van der Waals surface area (Å²) in [6.07, 6.45) is 0. The largest absolute Gasteiger partial charge is 0.492 e. The normalized spacial score (nSPS) is 10.8. The van der Waals surface area contributed by atoms with Crippen molar-refractivity contribution in [2.75, 3.05) is 6.61 Å². The lowest BCUT2D eigenvalue weighted by Gasteiger charge is -2.12. The zero-order valence-corrected chi connectivity index (χ0v) is 13.0. The maximum Gasteiger partial charge on any atom is 0.251 e. The van der Waals surface area contributed by atoms with Gasteiger partial charge >= 0.3 is 0 Å². The lowest BCUT2D eigenvalue weighted by atomic mass is 10.1. The van der Waals surface area contributed by atoms with Crippen molar-refractivity contribution in [2.45, 2.75) is 13.5 Å². The van der Waals surface area contributed by atoms with E-state index in [1.165, 1.54) is 0 Å². The standard InChI is InChI=1S/C18H16ClNO2/c1-13-12-18(21)20(17-5-3-2-4-16(13)17)10-11-22-15-8-6-14(19)7-9-15/h2-9,12H,10-11H2,1H3. The molecule has 3 aromatic rings. The quantitative estimate of drug-likeness (QED) is 0.728. The molecule has 22 heavy (non-hydrogen) atoms. The van der Waals surface area contributed by atoms with Crippen molar-refractivity contribution in [3.05, 3.63) is 75.5 Å². The SMILES string of the molecule is Cc1cc(=O)n(CCOc2ccc(Cl)cc2)c2ccccc12. The van der Waals surface area contributed by atoms with E-state index in [2.05, 4.69) is 0 Å². The number of rotatable bonds is 4. The summed E-state index contributed by atoms with van der Waals surface area (Å²) in [7, 11) is 0. The molecule has 0 spiro atoms. The number of hydrogen-bond acceptors (Lipinski definition) is 2. The van der Waals surface area contributed by atoms with Gasteiger partial charge in [0.25, 0.3) is 5.56 Å². The first-order valence-corrected chi connectivity index (χ1v) is 7.50. The van der Waals surface area contributed by atoms with Crippen molar-refractivity contribution in [1.29, 1.82) is 0 Å². The smallest absolute Gasteiger partial charge is 0.251 e. The van der Waals surface area contributed by atoms with Crippen molar-refractivity contribution >= 4 is 22.5 Å². The molecule has 3 rings (SSSR count). The van der Waals surface area contributed by atoms with Crippen LogP contribution in [0.25, 0.3) is 10.9 Å². The molecule has 0 saturated heterocycles. The maximum absolute atomic E-state index is 12.2. The second-order valence-electron chi connectivity index (χ2n) is 5.14. The molecule has 0 aliphatic carbocycles. The van der Waals surface area contributed by atoms with E-state index in [4.69, 9.17) is 16.3 Å². The number of hydrogen-bond donors (Lipinski definition) is 0. The van der Waals surface area contributed by atoms with Gasteiger partial charge in [0.1, 0.15) is 12.4 Å². The van der Waals surface area contributed by atoms with Crippen LogP contribution in [0.5, 0.6) is 5.75 Å². The predicted molar refractivity (Wildman–Crippen MR) is 89.9 cm³/mol. The Labute approximate surface area is 133 Å². The Hall–Kier alpha value is -2.26. The van der Waals surface area contributed by atoms with E-state index in [-0.39, 0.29) is 5.56 Å². The third-order valence-corrected chi connectivity index (χ3v) is 3.87. The van der Waals surface area contributed by atoms with E-state index in [0.717, 1.165) is 22.2 Å². The van der Waals surface area contributed by atoms with Crippen LogP contribution in [0.1, 0.15) is 5.56 Å². The van der Waals surface area contributed by atoms with Gasteiger partial charge in [0.2, 0.25) is 0 Å². The molecule has 0 atom stereocenters. The number of aromatic nitrogens is 1. The molecule has 4 heteroatoms. The van der Waals surface area contributed by atoms with Gasteiger partial charge in [0, 0.05) is 16.5 Å². The number of ether oxygens (including phenoxy) is 1. The summed E-state index contributed by atoms with van der Waals surface area (Å²) in [5.74, 6) is 0.744. The number of benzene rings is 2. The van der Waals surface area contributed by atoms with E-state index >= 15 is 0 Å². The van der Waals surface area contributed by atoms with E-state index in [9.17, 15) is 4.79 Å². The average Bonchev–Trinajstić information content (AvgIpc) is 2.52. The third kappa shape index (κ3) is 3.00. The van der Waals surface area contributed by atoms with Gasteiger partial charge < -0.3 is 9.30 Å². The minimum atomic E-state index is -0.00379. The monoisotopic (exact) mass is 313 g/mol. The lowest BCUT2D eigenvalue weighted by molar-refractivity contribution is 0.298. The Morgan fingerprint density at radius 3 is 2.59 bits per heavy atom. The highest BCUT2D eigenvalue weighted by atomic mass is 35.5. The summed E-state index contributed by atoms with van der Waals surface area (Å²) in [5, 5.41) is 1.77. The van der Waals surface area contributed by atoms with Crippen molar-refractivity contribution < 1.29 is 4.74 Å². The molecule has 0 bridgehead atoms. The number of fused-ring (bicyclic) bond motifs is 1. The van der Waals surface area contributed by atoms with Crippen LogP contribution in [0.4, 0.5) is 0 Å². The highest BCUT2D eigenvalue weighted by molar-refractivity contribution is 6.30. The number of halogens is 1. The second-order valence-corrected chi connectivity index (χ2v) is 5.57. The van der Waals surface area contributed by atoms with Gasteiger partial charge in [-0.25, -0.2) is 0 Å². The zero-order valence-electron chi connectivity index (χ0n) is 12.3. The first-order valence-electron chi connectivity index (χ1n) is 7.13. The van der Waals surface area contributed by atoms with Crippen molar-refractivity contribution in [2.24, 2.45) is 0 Å². The summed E-state index contributed by atoms with van der Waals surface area (Å²) < 4.78 is 7.43. The Morgan fingerprint density at radius 2 is 1.82 bits per heavy atom. The number of para-hydroxylation sites is 1. The van der Waals surface area contributed by atoms with Crippen molar-refractivity contribution in [3.63, 3.8) is 0 Å². The molecule has 2 aromatic carbocycles. The fourth-order valence-electron chi connectivity index (χ4n) is 2.52. The van der Waals surface area contributed by atoms with Gasteiger partial charge in [0.05, 0.1) is 12.1 Å². The van der Waals surface area contributed by atoms with Gasteiger partial charge in [-0.1, -0.05) is 29.8 Å². The molecule has 1 aromatic heterocycles. The van der Waals surface area contributed by atoms with Crippen LogP contribution in [0.3, 0.4) is 0 Å². The fraction of sp³-hybridized carbons (Fsp3) is 0.167. The summed E-state index contributed by atoms with van der Waals surface area (Å²) in [6.45, 7) is 2.88. The first kappa shape index (κ1) is 14.7. The van der Waals surface area contributed by atoms with Gasteiger partial charge in [-0.2, -0.15) is 0 Å². The highest BCUT2D eigenvalue weighted by Gasteiger charge is 2.06. The molecule has 0 amide bonds. The van der Waals surface area contributed by atoms with E-state index in [1.807, 2.05) is 43.3 Å². The minimum absolute atomic E-state index is 0.00379. The maximum atomic E-state index is 12.2. The molecule has 0 aliphatic heterocycles. The third-order valence-electron chi connectivity index (χ3n) is 3.62. The van der Waals surface area contributed by atoms with Gasteiger partial charge in [-0.05, 0) is 42.8 Å². The molecule has 0 saturated carbocycles. The van der Waals surface area contributed by atoms with Crippen molar-refractivity contribution in [1.82, 2.24) is 4.57 Å². The Balaban J connectivity index is 1.82. The summed E-state index contributed by atoms with van der Waals surface area (Å²) >= 11 is 5.84. The van der Waals surface area contributed by atoms with E-state index in [0.29, 0.717) is 18.2 Å². The second kappa shape index (κ2) is 6.24. The molecule has 1 heterocycles. The van der Waals surface area contributed by atoms with Crippen LogP contribution >= 0.6 is 11.6 Å². The number of pyridine rings is 1. The fourth-order valence-corrected chi connectivity index (χ4v) is 2.64. The molecule has 112 valence electrons. The predicted octanol–water partition coefficient (Wildman–Crippen LogP) is 4.04. The molecule has 0 aliphatic rings. The molecule has 0 N–H and O–H groups in total. The van der Waals surface area contributed by atoms with Crippen LogP contribution < -0.4 is 10.3 Å².